The molecule has 0 saturated carbocycles. The van der Waals surface area contributed by atoms with Gasteiger partial charge in [0.05, 0.1) is 6.10 Å². The van der Waals surface area contributed by atoms with Gasteiger partial charge in [-0.15, -0.1) is 0 Å². The minimum atomic E-state index is -2.77. The van der Waals surface area contributed by atoms with Crippen LogP contribution in [0.3, 0.4) is 0 Å². The van der Waals surface area contributed by atoms with Crippen LogP contribution in [-0.2, 0) is 16.0 Å². The first-order chi connectivity index (χ1) is 13.7. The molecule has 0 radical (unpaired) electrons. The predicted molar refractivity (Wildman–Crippen MR) is 103 cm³/mol. The molecule has 1 aliphatic heterocycles. The third-order valence-electron chi connectivity index (χ3n) is 4.51. The number of benzene rings is 2. The number of carboxylic acids is 2. The van der Waals surface area contributed by atoms with E-state index in [1.807, 2.05) is 6.92 Å². The molecule has 8 nitrogen and oxygen atoms in total. The van der Waals surface area contributed by atoms with Gasteiger partial charge >= 0.3 is 17.7 Å². The Hall–Kier alpha value is -2.81. The van der Waals surface area contributed by atoms with Crippen LogP contribution in [0.15, 0.2) is 42.5 Å². The average molecular weight is 422 g/mol. The fraction of sp³-hybridized carbons (Fsp3) is 0.300. The largest absolute Gasteiger partial charge is 0.475 e. The maximum absolute atomic E-state index is 11.3. The van der Waals surface area contributed by atoms with Crippen LogP contribution in [0.4, 0.5) is 0 Å². The summed E-state index contributed by atoms with van der Waals surface area (Å²) in [5.41, 5.74) is 1.50. The van der Waals surface area contributed by atoms with Gasteiger partial charge in [-0.25, -0.2) is 9.59 Å². The summed E-state index contributed by atoms with van der Waals surface area (Å²) < 4.78 is 10.1. The molecule has 0 bridgehead atoms. The summed E-state index contributed by atoms with van der Waals surface area (Å²) in [5, 5.41) is 32.4. The molecule has 154 valence electrons. The van der Waals surface area contributed by atoms with Crippen molar-refractivity contribution < 1.29 is 34.4 Å². The second kappa shape index (κ2) is 8.28. The van der Waals surface area contributed by atoms with E-state index in [9.17, 15) is 24.9 Å². The van der Waals surface area contributed by atoms with E-state index in [-0.39, 0.29) is 17.5 Å². The minimum absolute atomic E-state index is 0.0343. The van der Waals surface area contributed by atoms with Crippen LogP contribution in [0.2, 0.25) is 5.02 Å². The summed E-state index contributed by atoms with van der Waals surface area (Å²) in [6.07, 6.45) is -0.189. The number of hydrogen-bond acceptors (Lipinski definition) is 6. The zero-order valence-corrected chi connectivity index (χ0v) is 16.2. The summed E-state index contributed by atoms with van der Waals surface area (Å²) in [4.78, 5) is 22.6. The zero-order valence-electron chi connectivity index (χ0n) is 15.5. The SMILES string of the molecule is C[C@@H](Cc1ccc2c(c1)OC(C(=O)O)(C(=O)O)O2)NCC(O)c1cccc(Cl)c1. The highest BCUT2D eigenvalue weighted by molar-refractivity contribution is 6.30. The van der Waals surface area contributed by atoms with Crippen molar-refractivity contribution >= 4 is 23.5 Å². The molecule has 0 spiro atoms. The molecule has 9 heteroatoms. The monoisotopic (exact) mass is 421 g/mol. The van der Waals surface area contributed by atoms with E-state index in [4.69, 9.17) is 21.1 Å². The molecule has 3 rings (SSSR count). The van der Waals surface area contributed by atoms with E-state index < -0.39 is 23.8 Å². The van der Waals surface area contributed by atoms with Gasteiger partial charge in [0, 0.05) is 17.6 Å². The van der Waals surface area contributed by atoms with Gasteiger partial charge in [-0.1, -0.05) is 29.8 Å². The number of carboxylic acid groups (broad SMARTS) is 2. The fourth-order valence-corrected chi connectivity index (χ4v) is 3.21. The molecule has 0 fully saturated rings. The highest BCUT2D eigenvalue weighted by Crippen LogP contribution is 2.40. The van der Waals surface area contributed by atoms with Crippen LogP contribution in [0.1, 0.15) is 24.2 Å². The zero-order chi connectivity index (χ0) is 21.2. The summed E-state index contributed by atoms with van der Waals surface area (Å²) >= 11 is 5.94. The number of aliphatic carboxylic acids is 2. The molecule has 1 aliphatic rings. The van der Waals surface area contributed by atoms with Crippen molar-refractivity contribution in [3.8, 4) is 11.5 Å². The van der Waals surface area contributed by atoms with E-state index in [1.54, 1.807) is 36.4 Å². The van der Waals surface area contributed by atoms with Crippen molar-refractivity contribution in [2.75, 3.05) is 6.54 Å². The van der Waals surface area contributed by atoms with Crippen molar-refractivity contribution in [3.05, 3.63) is 58.6 Å². The highest BCUT2D eigenvalue weighted by Gasteiger charge is 2.57. The lowest BCUT2D eigenvalue weighted by Gasteiger charge is -2.18. The Morgan fingerprint density at radius 1 is 1.10 bits per heavy atom. The molecule has 0 saturated heterocycles. The molecule has 0 amide bonds. The van der Waals surface area contributed by atoms with Crippen LogP contribution in [-0.4, -0.2) is 45.6 Å². The van der Waals surface area contributed by atoms with Crippen molar-refractivity contribution in [2.45, 2.75) is 31.3 Å². The van der Waals surface area contributed by atoms with Crippen LogP contribution in [0, 0.1) is 0 Å². The Morgan fingerprint density at radius 2 is 1.79 bits per heavy atom. The molecule has 1 unspecified atom stereocenters. The van der Waals surface area contributed by atoms with E-state index in [1.165, 1.54) is 6.07 Å². The second-order valence-corrected chi connectivity index (χ2v) is 7.23. The number of aliphatic hydroxyl groups excluding tert-OH is 1. The van der Waals surface area contributed by atoms with Crippen molar-refractivity contribution in [3.63, 3.8) is 0 Å². The van der Waals surface area contributed by atoms with Gasteiger partial charge in [-0.3, -0.25) is 0 Å². The highest BCUT2D eigenvalue weighted by atomic mass is 35.5. The molecular formula is C20H20ClNO7. The average Bonchev–Trinajstić information content (AvgIpc) is 3.06. The lowest BCUT2D eigenvalue weighted by molar-refractivity contribution is -0.194. The van der Waals surface area contributed by atoms with Gasteiger partial charge < -0.3 is 30.1 Å². The van der Waals surface area contributed by atoms with Gasteiger partial charge in [0.2, 0.25) is 0 Å². The van der Waals surface area contributed by atoms with Gasteiger partial charge in [0.25, 0.3) is 0 Å². The summed E-state index contributed by atoms with van der Waals surface area (Å²) in [7, 11) is 0. The first kappa shape index (κ1) is 20.9. The first-order valence-electron chi connectivity index (χ1n) is 8.86. The second-order valence-electron chi connectivity index (χ2n) is 6.80. The number of nitrogens with one attached hydrogen (secondary N) is 1. The van der Waals surface area contributed by atoms with E-state index >= 15 is 0 Å². The number of carbonyl (C=O) groups is 2. The smallest absolute Gasteiger partial charge is 0.453 e. The lowest BCUT2D eigenvalue weighted by Crippen LogP contribution is -2.54. The fourth-order valence-electron chi connectivity index (χ4n) is 3.01. The topological polar surface area (TPSA) is 125 Å². The van der Waals surface area contributed by atoms with E-state index in [2.05, 4.69) is 5.32 Å². The summed E-state index contributed by atoms with van der Waals surface area (Å²) in [5.74, 6) is -6.15. The summed E-state index contributed by atoms with van der Waals surface area (Å²) in [6, 6.07) is 11.7. The molecule has 2 aromatic rings. The van der Waals surface area contributed by atoms with Crippen molar-refractivity contribution in [1.82, 2.24) is 5.32 Å². The van der Waals surface area contributed by atoms with Crippen molar-refractivity contribution in [2.24, 2.45) is 0 Å². The van der Waals surface area contributed by atoms with Crippen molar-refractivity contribution in [1.29, 1.82) is 0 Å². The van der Waals surface area contributed by atoms with E-state index in [0.717, 1.165) is 5.56 Å². The van der Waals surface area contributed by atoms with Gasteiger partial charge in [0.1, 0.15) is 0 Å². The van der Waals surface area contributed by atoms with Gasteiger partial charge in [-0.2, -0.15) is 0 Å². The van der Waals surface area contributed by atoms with Gasteiger partial charge in [-0.05, 0) is 48.7 Å². The number of ether oxygens (including phenoxy) is 2. The maximum atomic E-state index is 11.3. The maximum Gasteiger partial charge on any atom is 0.453 e. The van der Waals surface area contributed by atoms with Crippen LogP contribution >= 0.6 is 11.6 Å². The third kappa shape index (κ3) is 4.45. The Bertz CT molecular complexity index is 919. The number of halogens is 1. The Morgan fingerprint density at radius 3 is 2.45 bits per heavy atom. The number of rotatable bonds is 8. The standard InChI is InChI=1S/C20H20ClNO7/c1-11(22-10-15(23)13-3-2-4-14(21)9-13)7-12-5-6-16-17(8-12)29-20(28-16,18(24)25)19(26)27/h2-6,8-9,11,15,22-23H,7,10H2,1H3,(H,24,25)(H,26,27)/t11-,15?/m0/s1. The Labute approximate surface area is 171 Å². The third-order valence-corrected chi connectivity index (χ3v) is 4.75. The predicted octanol–water partition coefficient (Wildman–Crippen LogP) is 2.23. The quantitative estimate of drug-likeness (QED) is 0.478. The minimum Gasteiger partial charge on any atom is -0.475 e. The molecule has 2 aromatic carbocycles. The molecule has 0 aromatic heterocycles. The number of hydrogen-bond donors (Lipinski definition) is 4. The molecular weight excluding hydrogens is 402 g/mol. The summed E-state index contributed by atoms with van der Waals surface area (Å²) in [6.45, 7) is 2.24. The number of fused-ring (bicyclic) bond motifs is 1. The molecule has 1 heterocycles. The van der Waals surface area contributed by atoms with Gasteiger partial charge in [0.15, 0.2) is 11.5 Å². The molecule has 0 aliphatic carbocycles. The molecule has 29 heavy (non-hydrogen) atoms. The Balaban J connectivity index is 1.61. The van der Waals surface area contributed by atoms with Crippen LogP contribution in [0.5, 0.6) is 11.5 Å². The van der Waals surface area contributed by atoms with Crippen LogP contribution in [0.25, 0.3) is 0 Å². The van der Waals surface area contributed by atoms with E-state index in [0.29, 0.717) is 23.6 Å². The first-order valence-corrected chi connectivity index (χ1v) is 9.23. The lowest BCUT2D eigenvalue weighted by atomic mass is 10.1. The number of aliphatic hydroxyl groups is 1. The molecule has 4 N–H and O–H groups in total. The molecule has 2 atom stereocenters. The Kier molecular flexibility index (Phi) is 5.97. The van der Waals surface area contributed by atoms with Crippen LogP contribution < -0.4 is 14.8 Å². The normalized spacial score (nSPS) is 16.2.